The summed E-state index contributed by atoms with van der Waals surface area (Å²) in [6.07, 6.45) is 8.94. The van der Waals surface area contributed by atoms with Crippen LogP contribution < -0.4 is 4.74 Å². The van der Waals surface area contributed by atoms with Crippen molar-refractivity contribution >= 4 is 5.91 Å². The predicted octanol–water partition coefficient (Wildman–Crippen LogP) is 2.53. The van der Waals surface area contributed by atoms with Crippen LogP contribution >= 0.6 is 0 Å². The van der Waals surface area contributed by atoms with Gasteiger partial charge in [-0.05, 0) is 43.9 Å². The second-order valence-electron chi connectivity index (χ2n) is 6.32. The molecule has 0 bridgehead atoms. The van der Waals surface area contributed by atoms with Crippen LogP contribution in [0.25, 0.3) is 0 Å². The van der Waals surface area contributed by atoms with Gasteiger partial charge in [-0.3, -0.25) is 4.79 Å². The molecule has 2 aliphatic rings. The minimum atomic E-state index is -0.00894. The molecule has 1 saturated heterocycles. The summed E-state index contributed by atoms with van der Waals surface area (Å²) in [6.45, 7) is 4.61. The summed E-state index contributed by atoms with van der Waals surface area (Å²) >= 11 is 0. The van der Waals surface area contributed by atoms with Crippen LogP contribution in [-0.2, 0) is 0 Å². The minimum Gasteiger partial charge on any atom is -0.476 e. The van der Waals surface area contributed by atoms with Crippen LogP contribution in [0.1, 0.15) is 49.5 Å². The normalized spacial score (nSPS) is 22.7. The molecule has 3 rings (SSSR count). The highest BCUT2D eigenvalue weighted by Gasteiger charge is 2.23. The van der Waals surface area contributed by atoms with Crippen molar-refractivity contribution in [3.05, 3.63) is 18.1 Å². The molecule has 0 radical (unpaired) electrons. The third-order valence-corrected chi connectivity index (χ3v) is 4.32. The standard InChI is InChI=1S/C16H23N3O2/c1-12-3-2-7-19(8-6-12)16(20)14-9-18-15(10-17-14)21-11-13-4-5-13/h9-10,12-13H,2-8,11H2,1H3. The van der Waals surface area contributed by atoms with Crippen LogP contribution in [0.5, 0.6) is 5.88 Å². The maximum Gasteiger partial charge on any atom is 0.274 e. The molecule has 1 aromatic heterocycles. The Morgan fingerprint density at radius 2 is 2.10 bits per heavy atom. The molecule has 1 aliphatic heterocycles. The number of hydrogen-bond donors (Lipinski definition) is 0. The molecule has 1 saturated carbocycles. The first-order valence-corrected chi connectivity index (χ1v) is 7.96. The monoisotopic (exact) mass is 289 g/mol. The largest absolute Gasteiger partial charge is 0.476 e. The number of likely N-dealkylation sites (tertiary alicyclic amines) is 1. The summed E-state index contributed by atoms with van der Waals surface area (Å²) in [5.74, 6) is 1.90. The average molecular weight is 289 g/mol. The maximum atomic E-state index is 12.4. The van der Waals surface area contributed by atoms with Gasteiger partial charge < -0.3 is 9.64 Å². The Balaban J connectivity index is 1.58. The van der Waals surface area contributed by atoms with Crippen LogP contribution in [0.4, 0.5) is 0 Å². The summed E-state index contributed by atoms with van der Waals surface area (Å²) in [5, 5.41) is 0. The SMILES string of the molecule is CC1CCCN(C(=O)c2cnc(OCC3CC3)cn2)CC1. The number of ether oxygens (including phenoxy) is 1. The Bertz CT molecular complexity index is 485. The van der Waals surface area contributed by atoms with E-state index in [0.717, 1.165) is 25.9 Å². The molecule has 1 atom stereocenters. The van der Waals surface area contributed by atoms with Gasteiger partial charge in [0.2, 0.25) is 5.88 Å². The summed E-state index contributed by atoms with van der Waals surface area (Å²) in [7, 11) is 0. The lowest BCUT2D eigenvalue weighted by Gasteiger charge is -2.19. The smallest absolute Gasteiger partial charge is 0.274 e. The molecule has 1 aliphatic carbocycles. The van der Waals surface area contributed by atoms with Crippen molar-refractivity contribution in [1.82, 2.24) is 14.9 Å². The van der Waals surface area contributed by atoms with E-state index in [0.29, 0.717) is 30.0 Å². The van der Waals surface area contributed by atoms with E-state index in [9.17, 15) is 4.79 Å². The van der Waals surface area contributed by atoms with E-state index < -0.39 is 0 Å². The number of aromatic nitrogens is 2. The first-order chi connectivity index (χ1) is 10.2. The van der Waals surface area contributed by atoms with Gasteiger partial charge in [-0.1, -0.05) is 6.92 Å². The van der Waals surface area contributed by atoms with Gasteiger partial charge in [0.05, 0.1) is 19.0 Å². The quantitative estimate of drug-likeness (QED) is 0.854. The fraction of sp³-hybridized carbons (Fsp3) is 0.688. The van der Waals surface area contributed by atoms with Gasteiger partial charge in [0.25, 0.3) is 5.91 Å². The molecule has 0 aromatic carbocycles. The van der Waals surface area contributed by atoms with E-state index in [4.69, 9.17) is 4.74 Å². The molecule has 114 valence electrons. The molecule has 5 heteroatoms. The van der Waals surface area contributed by atoms with Crippen molar-refractivity contribution in [1.29, 1.82) is 0 Å². The van der Waals surface area contributed by atoms with E-state index in [1.165, 1.54) is 19.3 Å². The molecule has 5 nitrogen and oxygen atoms in total. The van der Waals surface area contributed by atoms with Crippen molar-refractivity contribution in [3.8, 4) is 5.88 Å². The van der Waals surface area contributed by atoms with Gasteiger partial charge in [0, 0.05) is 13.1 Å². The van der Waals surface area contributed by atoms with Gasteiger partial charge in [-0.2, -0.15) is 0 Å². The molecule has 2 heterocycles. The summed E-state index contributed by atoms with van der Waals surface area (Å²) in [4.78, 5) is 22.8. The van der Waals surface area contributed by atoms with Crippen LogP contribution in [0.3, 0.4) is 0 Å². The first kappa shape index (κ1) is 14.3. The van der Waals surface area contributed by atoms with Crippen molar-refractivity contribution in [3.63, 3.8) is 0 Å². The molecule has 1 unspecified atom stereocenters. The van der Waals surface area contributed by atoms with Crippen LogP contribution in [0.15, 0.2) is 12.4 Å². The lowest BCUT2D eigenvalue weighted by Crippen LogP contribution is -2.32. The fourth-order valence-corrected chi connectivity index (χ4v) is 2.62. The third kappa shape index (κ3) is 3.93. The Hall–Kier alpha value is -1.65. The first-order valence-electron chi connectivity index (χ1n) is 7.96. The Kier molecular flexibility index (Phi) is 4.36. The highest BCUT2D eigenvalue weighted by molar-refractivity contribution is 5.92. The molecule has 21 heavy (non-hydrogen) atoms. The van der Waals surface area contributed by atoms with Crippen molar-refractivity contribution < 1.29 is 9.53 Å². The molecule has 0 N–H and O–H groups in total. The van der Waals surface area contributed by atoms with Crippen LogP contribution in [0.2, 0.25) is 0 Å². The van der Waals surface area contributed by atoms with Gasteiger partial charge >= 0.3 is 0 Å². The van der Waals surface area contributed by atoms with E-state index in [1.807, 2.05) is 4.90 Å². The number of amides is 1. The van der Waals surface area contributed by atoms with Crippen molar-refractivity contribution in [2.75, 3.05) is 19.7 Å². The van der Waals surface area contributed by atoms with Gasteiger partial charge in [-0.15, -0.1) is 0 Å². The minimum absolute atomic E-state index is 0.00894. The lowest BCUT2D eigenvalue weighted by molar-refractivity contribution is 0.0753. The lowest BCUT2D eigenvalue weighted by atomic mass is 10.0. The Labute approximate surface area is 125 Å². The molecule has 1 aromatic rings. The number of carbonyl (C=O) groups excluding carboxylic acids is 1. The van der Waals surface area contributed by atoms with Crippen LogP contribution in [0, 0.1) is 11.8 Å². The van der Waals surface area contributed by atoms with Crippen LogP contribution in [-0.4, -0.2) is 40.5 Å². The summed E-state index contributed by atoms with van der Waals surface area (Å²) in [6, 6.07) is 0. The molecule has 1 amide bonds. The van der Waals surface area contributed by atoms with E-state index in [1.54, 1.807) is 12.4 Å². The zero-order valence-corrected chi connectivity index (χ0v) is 12.6. The summed E-state index contributed by atoms with van der Waals surface area (Å²) in [5.41, 5.74) is 0.420. The second-order valence-corrected chi connectivity index (χ2v) is 6.32. The van der Waals surface area contributed by atoms with E-state index >= 15 is 0 Å². The zero-order valence-electron chi connectivity index (χ0n) is 12.6. The Morgan fingerprint density at radius 1 is 1.24 bits per heavy atom. The average Bonchev–Trinajstić information content (AvgIpc) is 3.33. The van der Waals surface area contributed by atoms with Gasteiger partial charge in [0.15, 0.2) is 0 Å². The second kappa shape index (κ2) is 6.41. The zero-order chi connectivity index (χ0) is 14.7. The number of carbonyl (C=O) groups is 1. The Morgan fingerprint density at radius 3 is 2.81 bits per heavy atom. The molecular weight excluding hydrogens is 266 g/mol. The fourth-order valence-electron chi connectivity index (χ4n) is 2.62. The number of rotatable bonds is 4. The molecular formula is C16H23N3O2. The highest BCUT2D eigenvalue weighted by atomic mass is 16.5. The maximum absolute atomic E-state index is 12.4. The predicted molar refractivity (Wildman–Crippen MR) is 79.2 cm³/mol. The molecule has 0 spiro atoms. The summed E-state index contributed by atoms with van der Waals surface area (Å²) < 4.78 is 5.55. The third-order valence-electron chi connectivity index (χ3n) is 4.32. The van der Waals surface area contributed by atoms with Crippen molar-refractivity contribution in [2.45, 2.75) is 39.0 Å². The topological polar surface area (TPSA) is 55.3 Å². The van der Waals surface area contributed by atoms with E-state index in [-0.39, 0.29) is 5.91 Å². The number of hydrogen-bond acceptors (Lipinski definition) is 4. The highest BCUT2D eigenvalue weighted by Crippen LogP contribution is 2.29. The number of nitrogens with zero attached hydrogens (tertiary/aromatic N) is 3. The van der Waals surface area contributed by atoms with Gasteiger partial charge in [0.1, 0.15) is 5.69 Å². The molecule has 2 fully saturated rings. The van der Waals surface area contributed by atoms with Gasteiger partial charge in [-0.25, -0.2) is 9.97 Å². The van der Waals surface area contributed by atoms with E-state index in [2.05, 4.69) is 16.9 Å². The van der Waals surface area contributed by atoms with Crippen molar-refractivity contribution in [2.24, 2.45) is 11.8 Å².